The number of rotatable bonds is 14. The topological polar surface area (TPSA) is 73.5 Å². The standard InChI is InChI=1S/C34H42N4O2/c1-8-33(40)30-21-32(36-22-39)31(20-24(30)3)25(4)34(27-13-10-9-11-14-27)37-28-15-16-29(23(2)19-28)26(5)35-17-12-18-38(6)7/h9-11,13-16,19-22,35,37H,5,8,12,17-18H2,1-4,6-7H3,(H,36,39)/b34-25+. The molecule has 0 radical (unpaired) electrons. The number of ketones is 1. The quantitative estimate of drug-likeness (QED) is 0.0894. The second kappa shape index (κ2) is 14.3. The number of hydrogen-bond acceptors (Lipinski definition) is 5. The molecular formula is C34H42N4O2. The number of hydrogen-bond donors (Lipinski definition) is 3. The number of allylic oxidation sites excluding steroid dienone is 1. The van der Waals surface area contributed by atoms with Gasteiger partial charge in [-0.15, -0.1) is 0 Å². The van der Waals surface area contributed by atoms with Crippen LogP contribution in [0.3, 0.4) is 0 Å². The third-order valence-corrected chi connectivity index (χ3v) is 6.98. The highest BCUT2D eigenvalue weighted by atomic mass is 16.1. The second-order valence-corrected chi connectivity index (χ2v) is 10.3. The molecule has 3 N–H and O–H groups in total. The van der Waals surface area contributed by atoms with Crippen molar-refractivity contribution in [3.63, 3.8) is 0 Å². The van der Waals surface area contributed by atoms with Crippen LogP contribution in [-0.4, -0.2) is 44.3 Å². The van der Waals surface area contributed by atoms with Crippen LogP contribution >= 0.6 is 0 Å². The fraction of sp³-hybridized carbons (Fsp3) is 0.294. The van der Waals surface area contributed by atoms with Gasteiger partial charge in [0.1, 0.15) is 0 Å². The molecule has 0 spiro atoms. The summed E-state index contributed by atoms with van der Waals surface area (Å²) in [6, 6.07) is 20.1. The maximum atomic E-state index is 12.5. The molecule has 6 nitrogen and oxygen atoms in total. The van der Waals surface area contributed by atoms with E-state index in [9.17, 15) is 9.59 Å². The molecule has 3 aromatic carbocycles. The fourth-order valence-corrected chi connectivity index (χ4v) is 4.77. The van der Waals surface area contributed by atoms with Crippen molar-refractivity contribution in [3.8, 4) is 0 Å². The molecule has 210 valence electrons. The molecule has 3 rings (SSSR count). The number of nitrogens with one attached hydrogen (secondary N) is 3. The summed E-state index contributed by atoms with van der Waals surface area (Å²) < 4.78 is 0. The van der Waals surface area contributed by atoms with Crippen molar-refractivity contribution < 1.29 is 9.59 Å². The van der Waals surface area contributed by atoms with E-state index in [4.69, 9.17) is 0 Å². The van der Waals surface area contributed by atoms with E-state index in [1.54, 1.807) is 6.07 Å². The van der Waals surface area contributed by atoms with Crippen LogP contribution < -0.4 is 16.0 Å². The smallest absolute Gasteiger partial charge is 0.211 e. The number of benzene rings is 3. The van der Waals surface area contributed by atoms with Crippen LogP contribution in [0.15, 0.2) is 67.2 Å². The van der Waals surface area contributed by atoms with E-state index < -0.39 is 0 Å². The van der Waals surface area contributed by atoms with E-state index in [1.807, 2.05) is 45.0 Å². The molecule has 0 atom stereocenters. The number of nitrogens with zero attached hydrogens (tertiary/aromatic N) is 1. The summed E-state index contributed by atoms with van der Waals surface area (Å²) in [6.07, 6.45) is 2.10. The number of anilines is 2. The van der Waals surface area contributed by atoms with Crippen LogP contribution in [0.5, 0.6) is 0 Å². The van der Waals surface area contributed by atoms with Gasteiger partial charge in [0.05, 0.1) is 0 Å². The Kier molecular flexibility index (Phi) is 10.9. The summed E-state index contributed by atoms with van der Waals surface area (Å²) in [4.78, 5) is 26.2. The second-order valence-electron chi connectivity index (χ2n) is 10.3. The first kappa shape index (κ1) is 30.4. The average molecular weight is 539 g/mol. The Labute approximate surface area is 239 Å². The van der Waals surface area contributed by atoms with E-state index in [0.717, 1.165) is 70.0 Å². The van der Waals surface area contributed by atoms with Crippen LogP contribution in [0.4, 0.5) is 11.4 Å². The van der Waals surface area contributed by atoms with Gasteiger partial charge < -0.3 is 20.9 Å². The SMILES string of the molecule is C=C(NCCCN(C)C)c1ccc(N/C(=C(\C)c2cc(C)c(C(=O)CC)cc2NC=O)c2ccccc2)cc1C. The number of carbonyl (C=O) groups excluding carboxylic acids is 2. The summed E-state index contributed by atoms with van der Waals surface area (Å²) >= 11 is 0. The summed E-state index contributed by atoms with van der Waals surface area (Å²) in [5, 5.41) is 9.91. The first-order valence-corrected chi connectivity index (χ1v) is 13.8. The highest BCUT2D eigenvalue weighted by Gasteiger charge is 2.17. The van der Waals surface area contributed by atoms with E-state index >= 15 is 0 Å². The lowest BCUT2D eigenvalue weighted by atomic mass is 9.93. The Bertz CT molecular complexity index is 1390. The molecule has 0 bridgehead atoms. The van der Waals surface area contributed by atoms with Gasteiger partial charge in [0.2, 0.25) is 6.41 Å². The van der Waals surface area contributed by atoms with Gasteiger partial charge in [-0.1, -0.05) is 49.9 Å². The van der Waals surface area contributed by atoms with E-state index in [1.165, 1.54) is 0 Å². The van der Waals surface area contributed by atoms with Crippen molar-refractivity contribution in [3.05, 3.63) is 101 Å². The van der Waals surface area contributed by atoms with E-state index in [2.05, 4.69) is 78.8 Å². The maximum absolute atomic E-state index is 12.5. The molecule has 0 aliphatic heterocycles. The predicted octanol–water partition coefficient (Wildman–Crippen LogP) is 6.98. The number of aryl methyl sites for hydroxylation is 2. The fourth-order valence-electron chi connectivity index (χ4n) is 4.77. The zero-order chi connectivity index (χ0) is 29.2. The zero-order valence-corrected chi connectivity index (χ0v) is 24.7. The lowest BCUT2D eigenvalue weighted by Crippen LogP contribution is -2.20. The largest absolute Gasteiger partial charge is 0.385 e. The summed E-state index contributed by atoms with van der Waals surface area (Å²) in [6.45, 7) is 14.0. The lowest BCUT2D eigenvalue weighted by molar-refractivity contribution is -0.105. The van der Waals surface area contributed by atoms with Crippen molar-refractivity contribution in [2.24, 2.45) is 0 Å². The van der Waals surface area contributed by atoms with E-state index in [0.29, 0.717) is 24.1 Å². The monoisotopic (exact) mass is 538 g/mol. The highest BCUT2D eigenvalue weighted by Crippen LogP contribution is 2.34. The Morgan fingerprint density at radius 3 is 2.27 bits per heavy atom. The molecule has 40 heavy (non-hydrogen) atoms. The van der Waals surface area contributed by atoms with E-state index in [-0.39, 0.29) is 5.78 Å². The molecular weight excluding hydrogens is 496 g/mol. The van der Waals surface area contributed by atoms with Gasteiger partial charge in [0.15, 0.2) is 5.78 Å². The minimum Gasteiger partial charge on any atom is -0.385 e. The van der Waals surface area contributed by atoms with Crippen molar-refractivity contribution in [2.75, 3.05) is 37.8 Å². The summed E-state index contributed by atoms with van der Waals surface area (Å²) in [5.74, 6) is 0.0466. The summed E-state index contributed by atoms with van der Waals surface area (Å²) in [7, 11) is 4.15. The molecule has 0 aromatic heterocycles. The Morgan fingerprint density at radius 2 is 1.65 bits per heavy atom. The van der Waals surface area contributed by atoms with Crippen molar-refractivity contribution in [2.45, 2.75) is 40.5 Å². The maximum Gasteiger partial charge on any atom is 0.211 e. The molecule has 0 fully saturated rings. The lowest BCUT2D eigenvalue weighted by Gasteiger charge is -2.20. The van der Waals surface area contributed by atoms with Crippen LogP contribution in [0.1, 0.15) is 64.9 Å². The van der Waals surface area contributed by atoms with Gasteiger partial charge in [-0.3, -0.25) is 9.59 Å². The van der Waals surface area contributed by atoms with Gasteiger partial charge >= 0.3 is 0 Å². The van der Waals surface area contributed by atoms with Gasteiger partial charge in [0, 0.05) is 52.4 Å². The molecule has 3 aromatic rings. The van der Waals surface area contributed by atoms with Crippen LogP contribution in [-0.2, 0) is 4.79 Å². The predicted molar refractivity (Wildman–Crippen MR) is 169 cm³/mol. The Balaban J connectivity index is 2.01. The zero-order valence-electron chi connectivity index (χ0n) is 24.7. The molecule has 0 unspecified atom stereocenters. The molecule has 0 saturated heterocycles. The third-order valence-electron chi connectivity index (χ3n) is 6.98. The van der Waals surface area contributed by atoms with Gasteiger partial charge in [-0.2, -0.15) is 0 Å². The third kappa shape index (κ3) is 7.70. The van der Waals surface area contributed by atoms with Crippen LogP contribution in [0.25, 0.3) is 17.0 Å². The van der Waals surface area contributed by atoms with Crippen molar-refractivity contribution in [1.82, 2.24) is 10.2 Å². The molecule has 0 heterocycles. The van der Waals surface area contributed by atoms with Gasteiger partial charge in [-0.25, -0.2) is 0 Å². The molecule has 0 aliphatic carbocycles. The molecule has 6 heteroatoms. The van der Waals surface area contributed by atoms with Gasteiger partial charge in [0.25, 0.3) is 0 Å². The van der Waals surface area contributed by atoms with Gasteiger partial charge in [-0.05, 0) is 94.4 Å². The molecule has 0 saturated carbocycles. The van der Waals surface area contributed by atoms with Crippen LogP contribution in [0.2, 0.25) is 0 Å². The summed E-state index contributed by atoms with van der Waals surface area (Å²) in [5.41, 5.74) is 9.89. The highest BCUT2D eigenvalue weighted by molar-refractivity contribution is 6.03. The minimum atomic E-state index is 0.0466. The van der Waals surface area contributed by atoms with Crippen molar-refractivity contribution in [1.29, 1.82) is 0 Å². The Hall–Kier alpha value is -4.16. The normalized spacial score (nSPS) is 11.6. The van der Waals surface area contributed by atoms with Crippen molar-refractivity contribution >= 4 is 40.5 Å². The number of carbonyl (C=O) groups is 2. The first-order valence-electron chi connectivity index (χ1n) is 13.8. The van der Waals surface area contributed by atoms with Crippen LogP contribution in [0, 0.1) is 13.8 Å². The number of amides is 1. The Morgan fingerprint density at radius 1 is 0.950 bits per heavy atom. The first-order chi connectivity index (χ1) is 19.2. The molecule has 0 aliphatic rings. The minimum absolute atomic E-state index is 0.0466. The average Bonchev–Trinajstić information content (AvgIpc) is 2.94. The number of Topliss-reactive ketones (excluding diaryl/α,β-unsaturated/α-hetero) is 1. The molecule has 1 amide bonds.